The van der Waals surface area contributed by atoms with Crippen molar-refractivity contribution in [2.45, 2.75) is 13.5 Å². The number of benzene rings is 3. The number of nitrogens with one attached hydrogen (secondary N) is 2. The van der Waals surface area contributed by atoms with Crippen LogP contribution in [0.1, 0.15) is 16.7 Å². The molecule has 0 spiro atoms. The number of hydrazone groups is 1. The number of hydrogen-bond acceptors (Lipinski definition) is 5. The quantitative estimate of drug-likeness (QED) is 0.280. The average Bonchev–Trinajstić information content (AvgIpc) is 2.79. The number of aryl methyl sites for hydroxylation is 1. The third-order valence-electron chi connectivity index (χ3n) is 4.48. The van der Waals surface area contributed by atoms with E-state index >= 15 is 0 Å². The zero-order valence-corrected chi connectivity index (χ0v) is 19.4. The summed E-state index contributed by atoms with van der Waals surface area (Å²) in [5.41, 5.74) is 4.97. The maximum atomic E-state index is 12.0. The van der Waals surface area contributed by atoms with Crippen LogP contribution in [-0.4, -0.2) is 25.1 Å². The summed E-state index contributed by atoms with van der Waals surface area (Å²) < 4.78 is 11.2. The van der Waals surface area contributed by atoms with E-state index in [1.807, 2.05) is 13.0 Å². The lowest BCUT2D eigenvalue weighted by atomic mass is 10.2. The lowest BCUT2D eigenvalue weighted by molar-refractivity contribution is -0.136. The van der Waals surface area contributed by atoms with Crippen LogP contribution >= 0.6 is 23.2 Å². The summed E-state index contributed by atoms with van der Waals surface area (Å²) in [5.74, 6) is -0.786. The van der Waals surface area contributed by atoms with Gasteiger partial charge in [0.2, 0.25) is 0 Å². The minimum absolute atomic E-state index is 0.161. The molecule has 0 heterocycles. The fourth-order valence-corrected chi connectivity index (χ4v) is 3.34. The van der Waals surface area contributed by atoms with Gasteiger partial charge in [-0.25, -0.2) is 5.43 Å². The molecule has 0 aromatic heterocycles. The average molecular weight is 486 g/mol. The van der Waals surface area contributed by atoms with Gasteiger partial charge in [0, 0.05) is 21.3 Å². The molecular weight excluding hydrogens is 465 g/mol. The molecule has 0 aliphatic rings. The highest BCUT2D eigenvalue weighted by molar-refractivity contribution is 6.39. The summed E-state index contributed by atoms with van der Waals surface area (Å²) in [6, 6.07) is 17.4. The van der Waals surface area contributed by atoms with Crippen molar-refractivity contribution in [3.05, 3.63) is 87.4 Å². The molecule has 3 aromatic carbocycles. The Morgan fingerprint density at radius 1 is 0.970 bits per heavy atom. The molecule has 3 rings (SSSR count). The van der Waals surface area contributed by atoms with Crippen molar-refractivity contribution in [3.8, 4) is 11.5 Å². The van der Waals surface area contributed by atoms with Crippen LogP contribution in [0.15, 0.2) is 65.8 Å². The number of rotatable bonds is 7. The van der Waals surface area contributed by atoms with E-state index in [9.17, 15) is 9.59 Å². The highest BCUT2D eigenvalue weighted by atomic mass is 35.5. The Morgan fingerprint density at radius 3 is 2.39 bits per heavy atom. The number of nitrogens with zero attached hydrogens (tertiary/aromatic N) is 1. The van der Waals surface area contributed by atoms with Crippen LogP contribution in [0, 0.1) is 6.92 Å². The zero-order chi connectivity index (χ0) is 23.8. The Balaban J connectivity index is 1.59. The minimum Gasteiger partial charge on any atom is -0.493 e. The van der Waals surface area contributed by atoms with Gasteiger partial charge < -0.3 is 14.8 Å². The number of methoxy groups -OCH3 is 1. The zero-order valence-electron chi connectivity index (χ0n) is 17.9. The number of carbonyl (C=O) groups is 2. The highest BCUT2D eigenvalue weighted by Gasteiger charge is 2.13. The number of ether oxygens (including phenoxy) is 2. The number of halogens is 2. The number of carbonyl (C=O) groups excluding carboxylic acids is 2. The van der Waals surface area contributed by atoms with Crippen LogP contribution in [0.3, 0.4) is 0 Å². The van der Waals surface area contributed by atoms with Crippen molar-refractivity contribution >= 4 is 46.9 Å². The Bertz CT molecular complexity index is 1180. The van der Waals surface area contributed by atoms with Gasteiger partial charge in [0.15, 0.2) is 11.5 Å². The van der Waals surface area contributed by atoms with Gasteiger partial charge in [-0.15, -0.1) is 0 Å². The van der Waals surface area contributed by atoms with Crippen molar-refractivity contribution in [2.75, 3.05) is 12.4 Å². The molecule has 0 aliphatic heterocycles. The molecule has 0 fully saturated rings. The Morgan fingerprint density at radius 2 is 1.70 bits per heavy atom. The van der Waals surface area contributed by atoms with Crippen LogP contribution in [-0.2, 0) is 16.2 Å². The Hall–Kier alpha value is -3.55. The maximum Gasteiger partial charge on any atom is 0.329 e. The largest absolute Gasteiger partial charge is 0.493 e. The van der Waals surface area contributed by atoms with Crippen LogP contribution in [0.25, 0.3) is 0 Å². The summed E-state index contributed by atoms with van der Waals surface area (Å²) >= 11 is 12.4. The first-order valence-electron chi connectivity index (χ1n) is 9.82. The smallest absolute Gasteiger partial charge is 0.329 e. The minimum atomic E-state index is -0.892. The van der Waals surface area contributed by atoms with Crippen molar-refractivity contribution in [2.24, 2.45) is 5.10 Å². The first-order chi connectivity index (χ1) is 15.9. The molecule has 2 N–H and O–H groups in total. The summed E-state index contributed by atoms with van der Waals surface area (Å²) in [7, 11) is 1.50. The van der Waals surface area contributed by atoms with Gasteiger partial charge in [-0.2, -0.15) is 5.10 Å². The van der Waals surface area contributed by atoms with Gasteiger partial charge in [-0.3, -0.25) is 9.59 Å². The molecule has 7 nitrogen and oxygen atoms in total. The molecule has 170 valence electrons. The van der Waals surface area contributed by atoms with Crippen LogP contribution < -0.4 is 20.2 Å². The molecule has 0 saturated carbocycles. The van der Waals surface area contributed by atoms with Crippen LogP contribution in [0.2, 0.25) is 10.0 Å². The summed E-state index contributed by atoms with van der Waals surface area (Å²) in [4.78, 5) is 24.0. The van der Waals surface area contributed by atoms with E-state index in [1.54, 1.807) is 54.6 Å². The third-order valence-corrected chi connectivity index (χ3v) is 5.19. The van der Waals surface area contributed by atoms with Crippen LogP contribution in [0.4, 0.5) is 5.69 Å². The van der Waals surface area contributed by atoms with Crippen molar-refractivity contribution in [3.63, 3.8) is 0 Å². The molecule has 2 amide bonds. The second kappa shape index (κ2) is 11.4. The lowest BCUT2D eigenvalue weighted by Crippen LogP contribution is -2.32. The van der Waals surface area contributed by atoms with Gasteiger partial charge >= 0.3 is 11.8 Å². The van der Waals surface area contributed by atoms with E-state index in [4.69, 9.17) is 32.7 Å². The van der Waals surface area contributed by atoms with E-state index in [2.05, 4.69) is 15.8 Å². The lowest BCUT2D eigenvalue weighted by Gasteiger charge is -2.13. The first kappa shape index (κ1) is 24.1. The number of amides is 2. The summed E-state index contributed by atoms with van der Waals surface area (Å²) in [6.45, 7) is 2.05. The first-order valence-corrected chi connectivity index (χ1v) is 10.6. The predicted octanol–water partition coefficient (Wildman–Crippen LogP) is 4.98. The second-order valence-corrected chi connectivity index (χ2v) is 7.74. The van der Waals surface area contributed by atoms with Crippen molar-refractivity contribution < 1.29 is 19.1 Å². The van der Waals surface area contributed by atoms with Gasteiger partial charge in [0.25, 0.3) is 0 Å². The summed E-state index contributed by atoms with van der Waals surface area (Å²) in [6.07, 6.45) is 1.38. The molecule has 0 unspecified atom stereocenters. The second-order valence-electron chi connectivity index (χ2n) is 6.92. The Labute approximate surface area is 201 Å². The third kappa shape index (κ3) is 6.71. The van der Waals surface area contributed by atoms with Crippen LogP contribution in [0.5, 0.6) is 11.5 Å². The highest BCUT2D eigenvalue weighted by Crippen LogP contribution is 2.31. The van der Waals surface area contributed by atoms with Gasteiger partial charge in [0.1, 0.15) is 6.61 Å². The summed E-state index contributed by atoms with van der Waals surface area (Å²) in [5, 5.41) is 7.35. The van der Waals surface area contributed by atoms with E-state index in [-0.39, 0.29) is 6.61 Å². The molecule has 9 heteroatoms. The molecule has 0 aliphatic carbocycles. The monoisotopic (exact) mass is 485 g/mol. The molecule has 0 radical (unpaired) electrons. The van der Waals surface area contributed by atoms with Gasteiger partial charge in [-0.05, 0) is 60.5 Å². The van der Waals surface area contributed by atoms with Gasteiger partial charge in [-0.1, -0.05) is 41.4 Å². The molecule has 33 heavy (non-hydrogen) atoms. The topological polar surface area (TPSA) is 89.0 Å². The molecule has 0 atom stereocenters. The number of hydrogen-bond donors (Lipinski definition) is 2. The molecule has 0 saturated heterocycles. The number of anilines is 1. The predicted molar refractivity (Wildman–Crippen MR) is 129 cm³/mol. The molecule has 3 aromatic rings. The van der Waals surface area contributed by atoms with E-state index in [0.717, 1.165) is 5.56 Å². The van der Waals surface area contributed by atoms with E-state index in [0.29, 0.717) is 38.4 Å². The van der Waals surface area contributed by atoms with E-state index < -0.39 is 11.8 Å². The van der Waals surface area contributed by atoms with E-state index in [1.165, 1.54) is 13.3 Å². The normalized spacial score (nSPS) is 10.7. The van der Waals surface area contributed by atoms with Crippen molar-refractivity contribution in [1.29, 1.82) is 0 Å². The maximum absolute atomic E-state index is 12.0. The fourth-order valence-electron chi connectivity index (χ4n) is 2.83. The van der Waals surface area contributed by atoms with Gasteiger partial charge in [0.05, 0.1) is 13.3 Å². The van der Waals surface area contributed by atoms with Crippen molar-refractivity contribution in [1.82, 2.24) is 5.43 Å². The SMILES string of the molecule is COc1cc(/C=N\NC(=O)C(=O)Nc2cccc(C)c2)ccc1OCc1c(Cl)cccc1Cl. The molecule has 0 bridgehead atoms. The Kier molecular flexibility index (Phi) is 8.29. The molecular formula is C24H21Cl2N3O4. The fraction of sp³-hybridized carbons (Fsp3) is 0.125. The standard InChI is InChI=1S/C24H21Cl2N3O4/c1-15-5-3-6-17(11-15)28-23(30)24(31)29-27-13-16-9-10-21(22(12-16)32-2)33-14-18-19(25)7-4-8-20(18)26/h3-13H,14H2,1-2H3,(H,28,30)(H,29,31)/b27-13-.